The molecule has 154 valence electrons. The van der Waals surface area contributed by atoms with Crippen molar-refractivity contribution in [1.29, 1.82) is 0 Å². The van der Waals surface area contributed by atoms with E-state index in [4.69, 9.17) is 0 Å². The third-order valence-corrected chi connectivity index (χ3v) is 5.78. The minimum absolute atomic E-state index is 0. The Balaban J connectivity index is 0.00000225. The van der Waals surface area contributed by atoms with Crippen LogP contribution < -0.4 is 10.2 Å². The Morgan fingerprint density at radius 2 is 1.71 bits per heavy atom. The standard InChI is InChI=1S/C19H24F2N4O2.ClH/c20-14-8-15(21)10-17(9-14)25-11-13(7-18(25)26)19(27)24-4-1-16(12-24)23-5-2-22-3-6-23;/h8-10,13,16,22H,1-7,11-12H2;1H. The van der Waals surface area contributed by atoms with Gasteiger partial charge in [-0.1, -0.05) is 0 Å². The predicted octanol–water partition coefficient (Wildman–Crippen LogP) is 1.25. The monoisotopic (exact) mass is 414 g/mol. The van der Waals surface area contributed by atoms with Gasteiger partial charge in [0.25, 0.3) is 0 Å². The molecule has 3 saturated heterocycles. The SMILES string of the molecule is Cl.O=C(C1CC(=O)N(c2cc(F)cc(F)c2)C1)N1CCC(N2CCNCC2)C1. The summed E-state index contributed by atoms with van der Waals surface area (Å²) in [6.45, 7) is 5.50. The number of nitrogens with zero attached hydrogens (tertiary/aromatic N) is 3. The maximum absolute atomic E-state index is 13.5. The van der Waals surface area contributed by atoms with Gasteiger partial charge in [-0.2, -0.15) is 0 Å². The lowest BCUT2D eigenvalue weighted by Crippen LogP contribution is -2.49. The number of carbonyl (C=O) groups excluding carboxylic acids is 2. The Hall–Kier alpha value is -1.77. The van der Waals surface area contributed by atoms with E-state index in [0.29, 0.717) is 19.1 Å². The molecule has 0 aromatic heterocycles. The van der Waals surface area contributed by atoms with Crippen LogP contribution in [0.5, 0.6) is 0 Å². The van der Waals surface area contributed by atoms with Gasteiger partial charge in [0, 0.05) is 70.0 Å². The van der Waals surface area contributed by atoms with E-state index >= 15 is 0 Å². The Kier molecular flexibility index (Phi) is 6.52. The lowest BCUT2D eigenvalue weighted by Gasteiger charge is -2.32. The molecule has 1 aromatic rings. The van der Waals surface area contributed by atoms with Crippen molar-refractivity contribution in [2.45, 2.75) is 18.9 Å². The van der Waals surface area contributed by atoms with Crippen molar-refractivity contribution in [2.24, 2.45) is 5.92 Å². The van der Waals surface area contributed by atoms with Gasteiger partial charge in [-0.25, -0.2) is 8.78 Å². The average molecular weight is 415 g/mol. The van der Waals surface area contributed by atoms with Crippen LogP contribution in [0.4, 0.5) is 14.5 Å². The van der Waals surface area contributed by atoms with Crippen molar-refractivity contribution in [3.63, 3.8) is 0 Å². The molecule has 0 spiro atoms. The molecule has 4 rings (SSSR count). The van der Waals surface area contributed by atoms with E-state index in [1.807, 2.05) is 4.90 Å². The molecule has 0 saturated carbocycles. The molecule has 0 bridgehead atoms. The lowest BCUT2D eigenvalue weighted by atomic mass is 10.1. The van der Waals surface area contributed by atoms with Crippen molar-refractivity contribution in [1.82, 2.24) is 15.1 Å². The number of amides is 2. The van der Waals surface area contributed by atoms with Gasteiger partial charge < -0.3 is 15.1 Å². The van der Waals surface area contributed by atoms with Gasteiger partial charge in [0.15, 0.2) is 0 Å². The van der Waals surface area contributed by atoms with Gasteiger partial charge in [0.1, 0.15) is 11.6 Å². The van der Waals surface area contributed by atoms with Crippen molar-refractivity contribution < 1.29 is 18.4 Å². The number of halogens is 3. The van der Waals surface area contributed by atoms with Crippen molar-refractivity contribution in [3.05, 3.63) is 29.8 Å². The normalized spacial score (nSPS) is 25.9. The van der Waals surface area contributed by atoms with Gasteiger partial charge in [-0.05, 0) is 18.6 Å². The molecule has 28 heavy (non-hydrogen) atoms. The molecule has 1 aromatic carbocycles. The summed E-state index contributed by atoms with van der Waals surface area (Å²) in [6.07, 6.45) is 1.04. The zero-order valence-electron chi connectivity index (χ0n) is 15.6. The van der Waals surface area contributed by atoms with Gasteiger partial charge in [0.05, 0.1) is 5.92 Å². The number of anilines is 1. The molecule has 6 nitrogen and oxygen atoms in total. The fourth-order valence-electron chi connectivity index (χ4n) is 4.36. The number of piperazine rings is 1. The van der Waals surface area contributed by atoms with Crippen LogP contribution in [0.15, 0.2) is 18.2 Å². The zero-order chi connectivity index (χ0) is 19.0. The molecular weight excluding hydrogens is 390 g/mol. The van der Waals surface area contributed by atoms with Crippen LogP contribution in [-0.2, 0) is 9.59 Å². The van der Waals surface area contributed by atoms with Crippen LogP contribution in [0.3, 0.4) is 0 Å². The van der Waals surface area contributed by atoms with Crippen molar-refractivity contribution >= 4 is 29.9 Å². The van der Waals surface area contributed by atoms with E-state index in [1.54, 1.807) is 0 Å². The highest BCUT2D eigenvalue weighted by atomic mass is 35.5. The highest BCUT2D eigenvalue weighted by Crippen LogP contribution is 2.29. The second-order valence-corrected chi connectivity index (χ2v) is 7.55. The van der Waals surface area contributed by atoms with Crippen LogP contribution in [0.25, 0.3) is 0 Å². The number of carbonyl (C=O) groups is 2. The smallest absolute Gasteiger partial charge is 0.228 e. The fourth-order valence-corrected chi connectivity index (χ4v) is 4.36. The molecule has 2 atom stereocenters. The largest absolute Gasteiger partial charge is 0.341 e. The summed E-state index contributed by atoms with van der Waals surface area (Å²) in [5, 5.41) is 3.33. The summed E-state index contributed by atoms with van der Waals surface area (Å²) >= 11 is 0. The van der Waals surface area contributed by atoms with Crippen LogP contribution in [0.1, 0.15) is 12.8 Å². The maximum Gasteiger partial charge on any atom is 0.228 e. The molecule has 0 radical (unpaired) electrons. The minimum atomic E-state index is -0.731. The Labute approximate surface area is 169 Å². The Morgan fingerprint density at radius 1 is 1.04 bits per heavy atom. The molecule has 3 fully saturated rings. The highest BCUT2D eigenvalue weighted by molar-refractivity contribution is 6.00. The van der Waals surface area contributed by atoms with Gasteiger partial charge in [-0.3, -0.25) is 14.5 Å². The second kappa shape index (κ2) is 8.71. The molecule has 2 unspecified atom stereocenters. The number of hydrogen-bond acceptors (Lipinski definition) is 4. The summed E-state index contributed by atoms with van der Waals surface area (Å²) in [5.74, 6) is -2.21. The molecule has 3 heterocycles. The van der Waals surface area contributed by atoms with Crippen molar-refractivity contribution in [2.75, 3.05) is 50.7 Å². The molecule has 3 aliphatic heterocycles. The van der Waals surface area contributed by atoms with Crippen molar-refractivity contribution in [3.8, 4) is 0 Å². The number of benzene rings is 1. The van der Waals surface area contributed by atoms with Gasteiger partial charge >= 0.3 is 0 Å². The first kappa shape index (κ1) is 21.0. The van der Waals surface area contributed by atoms with Crippen LogP contribution in [-0.4, -0.2) is 73.5 Å². The van der Waals surface area contributed by atoms with Crippen LogP contribution in [0, 0.1) is 17.6 Å². The van der Waals surface area contributed by atoms with E-state index in [1.165, 1.54) is 4.90 Å². The Bertz CT molecular complexity index is 724. The van der Waals surface area contributed by atoms with E-state index in [9.17, 15) is 18.4 Å². The molecule has 0 aliphatic carbocycles. The number of rotatable bonds is 3. The summed E-state index contributed by atoms with van der Waals surface area (Å²) in [7, 11) is 0. The summed E-state index contributed by atoms with van der Waals surface area (Å²) in [5.41, 5.74) is 0.174. The van der Waals surface area contributed by atoms with E-state index in [0.717, 1.165) is 50.8 Å². The van der Waals surface area contributed by atoms with Crippen LogP contribution >= 0.6 is 12.4 Å². The quantitative estimate of drug-likeness (QED) is 0.808. The molecule has 2 amide bonds. The van der Waals surface area contributed by atoms with Gasteiger partial charge in [-0.15, -0.1) is 12.4 Å². The fraction of sp³-hybridized carbons (Fsp3) is 0.579. The summed E-state index contributed by atoms with van der Waals surface area (Å²) in [4.78, 5) is 30.8. The lowest BCUT2D eigenvalue weighted by molar-refractivity contribution is -0.135. The van der Waals surface area contributed by atoms with Gasteiger partial charge in [0.2, 0.25) is 11.8 Å². The average Bonchev–Trinajstić information content (AvgIpc) is 3.28. The Morgan fingerprint density at radius 3 is 2.39 bits per heavy atom. The van der Waals surface area contributed by atoms with E-state index < -0.39 is 17.6 Å². The topological polar surface area (TPSA) is 55.9 Å². The summed E-state index contributed by atoms with van der Waals surface area (Å²) < 4.78 is 26.9. The maximum atomic E-state index is 13.5. The van der Waals surface area contributed by atoms with E-state index in [2.05, 4.69) is 10.2 Å². The highest BCUT2D eigenvalue weighted by Gasteiger charge is 2.40. The number of hydrogen-bond donors (Lipinski definition) is 1. The minimum Gasteiger partial charge on any atom is -0.341 e. The zero-order valence-corrected chi connectivity index (χ0v) is 16.4. The summed E-state index contributed by atoms with van der Waals surface area (Å²) in [6, 6.07) is 3.41. The second-order valence-electron chi connectivity index (χ2n) is 7.55. The predicted molar refractivity (Wildman–Crippen MR) is 103 cm³/mol. The van der Waals surface area contributed by atoms with Crippen LogP contribution in [0.2, 0.25) is 0 Å². The molecule has 1 N–H and O–H groups in total. The molecule has 9 heteroatoms. The third-order valence-electron chi connectivity index (χ3n) is 5.78. The van der Waals surface area contributed by atoms with E-state index in [-0.39, 0.29) is 42.9 Å². The number of nitrogens with one attached hydrogen (secondary N) is 1. The molecular formula is C19H25ClF2N4O2. The first-order valence-corrected chi connectivity index (χ1v) is 9.51. The number of likely N-dealkylation sites (tertiary alicyclic amines) is 1. The first-order valence-electron chi connectivity index (χ1n) is 9.51. The third kappa shape index (κ3) is 4.29. The molecule has 3 aliphatic rings. The first-order chi connectivity index (χ1) is 13.0.